The molecule has 2 unspecified atom stereocenters. The molecule has 2 aromatic rings. The molecule has 5 nitrogen and oxygen atoms in total. The molecule has 0 fully saturated rings. The Labute approximate surface area is 168 Å². The van der Waals surface area contributed by atoms with Crippen LogP contribution in [0.1, 0.15) is 50.4 Å². The molecule has 2 atom stereocenters. The van der Waals surface area contributed by atoms with Gasteiger partial charge in [-0.05, 0) is 76.4 Å². The number of aryl methyl sites for hydroxylation is 1. The summed E-state index contributed by atoms with van der Waals surface area (Å²) in [4.78, 5) is 12.6. The first-order valence-electron chi connectivity index (χ1n) is 9.80. The van der Waals surface area contributed by atoms with Crippen LogP contribution in [0, 0.1) is 13.8 Å². The lowest BCUT2D eigenvalue weighted by Gasteiger charge is -2.21. The number of hydrogen-bond donors (Lipinski definition) is 1. The zero-order valence-electron chi connectivity index (χ0n) is 17.7. The van der Waals surface area contributed by atoms with E-state index in [0.29, 0.717) is 24.7 Å². The van der Waals surface area contributed by atoms with Gasteiger partial charge in [-0.25, -0.2) is 0 Å². The van der Waals surface area contributed by atoms with Gasteiger partial charge in [0.15, 0.2) is 17.6 Å². The Balaban J connectivity index is 2.06. The lowest BCUT2D eigenvalue weighted by molar-refractivity contribution is -0.127. The maximum Gasteiger partial charge on any atom is 0.261 e. The lowest BCUT2D eigenvalue weighted by Crippen LogP contribution is -2.37. The molecule has 28 heavy (non-hydrogen) atoms. The third kappa shape index (κ3) is 5.41. The predicted molar refractivity (Wildman–Crippen MR) is 111 cm³/mol. The van der Waals surface area contributed by atoms with Crippen molar-refractivity contribution in [3.8, 4) is 17.2 Å². The van der Waals surface area contributed by atoms with E-state index in [1.165, 1.54) is 0 Å². The van der Waals surface area contributed by atoms with Crippen LogP contribution in [0.5, 0.6) is 17.2 Å². The summed E-state index contributed by atoms with van der Waals surface area (Å²) in [6, 6.07) is 11.4. The minimum Gasteiger partial charge on any atom is -0.490 e. The SMILES string of the molecule is CCOc1ccc(C(C)NC(=O)C(C)Oc2cccc(C)c2C)cc1OCC. The fourth-order valence-electron chi connectivity index (χ4n) is 2.85. The number of hydrogen-bond acceptors (Lipinski definition) is 4. The van der Waals surface area contributed by atoms with E-state index in [2.05, 4.69) is 5.32 Å². The molecular weight excluding hydrogens is 354 g/mol. The Bertz CT molecular complexity index is 803. The Morgan fingerprint density at radius 3 is 2.32 bits per heavy atom. The molecule has 0 aliphatic rings. The fourth-order valence-corrected chi connectivity index (χ4v) is 2.85. The number of benzene rings is 2. The van der Waals surface area contributed by atoms with Crippen LogP contribution in [0.4, 0.5) is 0 Å². The summed E-state index contributed by atoms with van der Waals surface area (Å²) in [5.41, 5.74) is 3.12. The number of rotatable bonds is 9. The van der Waals surface area contributed by atoms with E-state index in [1.807, 2.05) is 71.0 Å². The average molecular weight is 386 g/mol. The summed E-state index contributed by atoms with van der Waals surface area (Å²) in [6.45, 7) is 12.7. The van der Waals surface area contributed by atoms with Crippen LogP contribution in [0.25, 0.3) is 0 Å². The van der Waals surface area contributed by atoms with Crippen LogP contribution in [0.15, 0.2) is 36.4 Å². The number of nitrogens with one attached hydrogen (secondary N) is 1. The molecule has 0 aliphatic carbocycles. The third-order valence-electron chi connectivity index (χ3n) is 4.65. The highest BCUT2D eigenvalue weighted by atomic mass is 16.5. The van der Waals surface area contributed by atoms with E-state index in [1.54, 1.807) is 6.92 Å². The highest BCUT2D eigenvalue weighted by Crippen LogP contribution is 2.31. The third-order valence-corrected chi connectivity index (χ3v) is 4.65. The number of ether oxygens (including phenoxy) is 3. The van der Waals surface area contributed by atoms with E-state index < -0.39 is 6.10 Å². The Morgan fingerprint density at radius 1 is 0.964 bits per heavy atom. The molecule has 0 spiro atoms. The minimum atomic E-state index is -0.600. The van der Waals surface area contributed by atoms with Crippen LogP contribution in [0.2, 0.25) is 0 Å². The second kappa shape index (κ2) is 10.0. The van der Waals surface area contributed by atoms with Gasteiger partial charge in [0, 0.05) is 0 Å². The zero-order valence-corrected chi connectivity index (χ0v) is 17.7. The Kier molecular flexibility index (Phi) is 7.73. The second-order valence-electron chi connectivity index (χ2n) is 6.76. The molecule has 0 heterocycles. The van der Waals surface area contributed by atoms with Crippen molar-refractivity contribution >= 4 is 5.91 Å². The highest BCUT2D eigenvalue weighted by Gasteiger charge is 2.19. The molecule has 0 saturated carbocycles. The first kappa shape index (κ1) is 21.6. The van der Waals surface area contributed by atoms with E-state index in [9.17, 15) is 4.79 Å². The topological polar surface area (TPSA) is 56.8 Å². The normalized spacial score (nSPS) is 12.8. The standard InChI is InChI=1S/C23H31NO4/c1-7-26-21-13-12-19(14-22(21)27-8-2)17(5)24-23(25)18(6)28-20-11-9-10-15(3)16(20)4/h9-14,17-18H,7-8H2,1-6H3,(H,24,25). The van der Waals surface area contributed by atoms with E-state index in [-0.39, 0.29) is 11.9 Å². The van der Waals surface area contributed by atoms with Gasteiger partial charge in [-0.2, -0.15) is 0 Å². The molecular formula is C23H31NO4. The van der Waals surface area contributed by atoms with E-state index in [4.69, 9.17) is 14.2 Å². The van der Waals surface area contributed by atoms with Gasteiger partial charge in [0.25, 0.3) is 5.91 Å². The highest BCUT2D eigenvalue weighted by molar-refractivity contribution is 5.81. The summed E-state index contributed by atoms with van der Waals surface area (Å²) in [7, 11) is 0. The maximum absolute atomic E-state index is 12.6. The van der Waals surface area contributed by atoms with Crippen molar-refractivity contribution < 1.29 is 19.0 Å². The zero-order chi connectivity index (χ0) is 20.7. The Hall–Kier alpha value is -2.69. The Morgan fingerprint density at radius 2 is 1.64 bits per heavy atom. The molecule has 0 aliphatic heterocycles. The van der Waals surface area contributed by atoms with Crippen molar-refractivity contribution in [1.29, 1.82) is 0 Å². The van der Waals surface area contributed by atoms with Gasteiger partial charge < -0.3 is 19.5 Å². The fraction of sp³-hybridized carbons (Fsp3) is 0.435. The van der Waals surface area contributed by atoms with Crippen LogP contribution >= 0.6 is 0 Å². The van der Waals surface area contributed by atoms with Crippen molar-refractivity contribution in [3.63, 3.8) is 0 Å². The largest absolute Gasteiger partial charge is 0.490 e. The van der Waals surface area contributed by atoms with E-state index in [0.717, 1.165) is 22.4 Å². The van der Waals surface area contributed by atoms with Crippen molar-refractivity contribution in [1.82, 2.24) is 5.32 Å². The van der Waals surface area contributed by atoms with Crippen LogP contribution in [-0.2, 0) is 4.79 Å². The number of carbonyl (C=O) groups is 1. The molecule has 0 aromatic heterocycles. The summed E-state index contributed by atoms with van der Waals surface area (Å²) in [5, 5.41) is 3.01. The van der Waals surface area contributed by atoms with Crippen molar-refractivity contribution in [2.45, 2.75) is 53.7 Å². The van der Waals surface area contributed by atoms with Gasteiger partial charge in [-0.3, -0.25) is 4.79 Å². The molecule has 0 saturated heterocycles. The monoisotopic (exact) mass is 385 g/mol. The van der Waals surface area contributed by atoms with Crippen molar-refractivity contribution in [3.05, 3.63) is 53.1 Å². The quantitative estimate of drug-likeness (QED) is 0.677. The number of amides is 1. The second-order valence-corrected chi connectivity index (χ2v) is 6.76. The van der Waals surface area contributed by atoms with Crippen molar-refractivity contribution in [2.24, 2.45) is 0 Å². The van der Waals surface area contributed by atoms with Gasteiger partial charge in [0.1, 0.15) is 5.75 Å². The molecule has 152 valence electrons. The van der Waals surface area contributed by atoms with Gasteiger partial charge in [-0.1, -0.05) is 18.2 Å². The molecule has 2 aromatic carbocycles. The summed E-state index contributed by atoms with van der Waals surface area (Å²) < 4.78 is 17.2. The lowest BCUT2D eigenvalue weighted by atomic mass is 10.1. The maximum atomic E-state index is 12.6. The van der Waals surface area contributed by atoms with E-state index >= 15 is 0 Å². The predicted octanol–water partition coefficient (Wildman–Crippen LogP) is 4.75. The molecule has 5 heteroatoms. The molecule has 1 amide bonds. The molecule has 2 rings (SSSR count). The average Bonchev–Trinajstić information content (AvgIpc) is 2.67. The van der Waals surface area contributed by atoms with Crippen LogP contribution in [-0.4, -0.2) is 25.2 Å². The first-order chi connectivity index (χ1) is 13.4. The van der Waals surface area contributed by atoms with Crippen LogP contribution < -0.4 is 19.5 Å². The van der Waals surface area contributed by atoms with Crippen molar-refractivity contribution in [2.75, 3.05) is 13.2 Å². The van der Waals surface area contributed by atoms with Crippen LogP contribution in [0.3, 0.4) is 0 Å². The molecule has 1 N–H and O–H groups in total. The van der Waals surface area contributed by atoms with Gasteiger partial charge in [-0.15, -0.1) is 0 Å². The summed E-state index contributed by atoms with van der Waals surface area (Å²) in [5.74, 6) is 1.95. The number of carbonyl (C=O) groups excluding carboxylic acids is 1. The minimum absolute atomic E-state index is 0.166. The molecule has 0 bridgehead atoms. The van der Waals surface area contributed by atoms with Gasteiger partial charge >= 0.3 is 0 Å². The first-order valence-corrected chi connectivity index (χ1v) is 9.80. The smallest absolute Gasteiger partial charge is 0.261 e. The van der Waals surface area contributed by atoms with Gasteiger partial charge in [0.05, 0.1) is 19.3 Å². The summed E-state index contributed by atoms with van der Waals surface area (Å²) >= 11 is 0. The van der Waals surface area contributed by atoms with Gasteiger partial charge in [0.2, 0.25) is 0 Å². The molecule has 0 radical (unpaired) electrons. The summed E-state index contributed by atoms with van der Waals surface area (Å²) in [6.07, 6.45) is -0.600.